The molecule has 0 saturated carbocycles. The van der Waals surface area contributed by atoms with Crippen molar-refractivity contribution in [1.29, 1.82) is 0 Å². The minimum atomic E-state index is -4.50. The number of nitrogens with one attached hydrogen (secondary N) is 1. The summed E-state index contributed by atoms with van der Waals surface area (Å²) in [5, 5.41) is 3.57. The smallest absolute Gasteiger partial charge is 0.349 e. The molecule has 0 fully saturated rings. The molecule has 0 radical (unpaired) electrons. The zero-order valence-electron chi connectivity index (χ0n) is 14.0. The zero-order valence-corrected chi connectivity index (χ0v) is 14.0. The number of fused-ring (bicyclic) bond motifs is 1. The number of carbonyl (C=O) groups excluding carboxylic acids is 1. The van der Waals surface area contributed by atoms with E-state index in [0.717, 1.165) is 17.0 Å². The fraction of sp³-hybridized carbons (Fsp3) is 0.200. The molecule has 3 rings (SSSR count). The first kappa shape index (κ1) is 17.9. The van der Waals surface area contributed by atoms with E-state index < -0.39 is 23.7 Å². The number of aromatic nitrogens is 1. The van der Waals surface area contributed by atoms with E-state index in [4.69, 9.17) is 0 Å². The molecule has 0 saturated heterocycles. The third-order valence-electron chi connectivity index (χ3n) is 4.09. The van der Waals surface area contributed by atoms with Crippen LogP contribution in [0.15, 0.2) is 60.7 Å². The van der Waals surface area contributed by atoms with Crippen LogP contribution in [-0.4, -0.2) is 10.9 Å². The number of carbonyl (C=O) groups is 1. The van der Waals surface area contributed by atoms with Crippen LogP contribution in [0.25, 0.3) is 10.9 Å². The van der Waals surface area contributed by atoms with Crippen molar-refractivity contribution in [2.45, 2.75) is 25.6 Å². The van der Waals surface area contributed by atoms with Crippen LogP contribution in [0.4, 0.5) is 13.2 Å². The highest BCUT2D eigenvalue weighted by Gasteiger charge is 2.35. The summed E-state index contributed by atoms with van der Waals surface area (Å²) >= 11 is 0. The maximum atomic E-state index is 13.4. The van der Waals surface area contributed by atoms with E-state index in [2.05, 4.69) is 10.3 Å². The van der Waals surface area contributed by atoms with Crippen molar-refractivity contribution in [3.63, 3.8) is 0 Å². The summed E-state index contributed by atoms with van der Waals surface area (Å²) in [6.07, 6.45) is -4.33. The van der Waals surface area contributed by atoms with Crippen LogP contribution in [0.5, 0.6) is 0 Å². The Labute approximate surface area is 148 Å². The van der Waals surface area contributed by atoms with E-state index in [1.807, 2.05) is 30.3 Å². The molecule has 1 heterocycles. The number of hydrogen-bond donors (Lipinski definition) is 1. The molecular weight excluding hydrogens is 341 g/mol. The molecule has 1 atom stereocenters. The van der Waals surface area contributed by atoms with Crippen molar-refractivity contribution >= 4 is 16.8 Å². The predicted molar refractivity (Wildman–Crippen MR) is 93.4 cm³/mol. The third kappa shape index (κ3) is 4.02. The molecule has 26 heavy (non-hydrogen) atoms. The minimum absolute atomic E-state index is 0.0326. The molecule has 0 aliphatic carbocycles. The summed E-state index contributed by atoms with van der Waals surface area (Å²) in [7, 11) is 0. The molecule has 2 aromatic carbocycles. The summed E-state index contributed by atoms with van der Waals surface area (Å²) in [6, 6.07) is 15.6. The first-order chi connectivity index (χ1) is 12.3. The summed E-state index contributed by atoms with van der Waals surface area (Å²) in [5.41, 5.74) is 0.653. The van der Waals surface area contributed by atoms with Gasteiger partial charge in [0, 0.05) is 24.4 Å². The fourth-order valence-corrected chi connectivity index (χ4v) is 2.97. The number of alkyl halides is 3. The topological polar surface area (TPSA) is 42.0 Å². The lowest BCUT2D eigenvalue weighted by Crippen LogP contribution is -2.29. The summed E-state index contributed by atoms with van der Waals surface area (Å²) in [6.45, 7) is 1.29. The maximum absolute atomic E-state index is 13.4. The number of benzene rings is 2. The number of halogens is 3. The van der Waals surface area contributed by atoms with Crippen LogP contribution in [-0.2, 0) is 17.4 Å². The predicted octanol–water partition coefficient (Wildman–Crippen LogP) is 4.67. The van der Waals surface area contributed by atoms with E-state index in [1.165, 1.54) is 25.1 Å². The quantitative estimate of drug-likeness (QED) is 0.736. The van der Waals surface area contributed by atoms with Gasteiger partial charge in [-0.15, -0.1) is 0 Å². The van der Waals surface area contributed by atoms with Crippen molar-refractivity contribution in [2.75, 3.05) is 0 Å². The molecule has 0 spiro atoms. The number of pyridine rings is 1. The normalized spacial score (nSPS) is 12.8. The van der Waals surface area contributed by atoms with Crippen LogP contribution in [0.3, 0.4) is 0 Å². The van der Waals surface area contributed by atoms with Crippen molar-refractivity contribution in [2.24, 2.45) is 0 Å². The van der Waals surface area contributed by atoms with Crippen molar-refractivity contribution in [3.8, 4) is 0 Å². The van der Waals surface area contributed by atoms with Crippen LogP contribution >= 0.6 is 0 Å². The van der Waals surface area contributed by atoms with E-state index in [9.17, 15) is 18.0 Å². The third-order valence-corrected chi connectivity index (χ3v) is 4.09. The Bertz CT molecular complexity index is 937. The van der Waals surface area contributed by atoms with Gasteiger partial charge in [-0.1, -0.05) is 42.5 Å². The molecule has 3 nitrogen and oxygen atoms in total. The molecule has 3 aromatic rings. The van der Waals surface area contributed by atoms with E-state index in [1.54, 1.807) is 6.07 Å². The second kappa shape index (κ2) is 7.15. The average molecular weight is 358 g/mol. The number of rotatable bonds is 4. The Hall–Kier alpha value is -2.89. The second-order valence-corrected chi connectivity index (χ2v) is 6.04. The standard InChI is InChI=1S/C20H17F3N2O/c1-13(26)24-19(16-7-3-4-8-17(16)20(21,22)23)12-15-11-10-14-6-2-5-9-18(14)25-15/h2-11,19H,12H2,1H3,(H,24,26)/t19-/m1/s1. The van der Waals surface area contributed by atoms with Gasteiger partial charge in [-0.2, -0.15) is 13.2 Å². The number of amides is 1. The van der Waals surface area contributed by atoms with E-state index in [0.29, 0.717) is 5.69 Å². The van der Waals surface area contributed by atoms with Gasteiger partial charge in [0.2, 0.25) is 5.91 Å². The van der Waals surface area contributed by atoms with Gasteiger partial charge in [-0.25, -0.2) is 0 Å². The largest absolute Gasteiger partial charge is 0.416 e. The average Bonchev–Trinajstić information content (AvgIpc) is 2.60. The molecule has 6 heteroatoms. The van der Waals surface area contributed by atoms with E-state index >= 15 is 0 Å². The van der Waals surface area contributed by atoms with Gasteiger partial charge >= 0.3 is 6.18 Å². The van der Waals surface area contributed by atoms with Crippen LogP contribution in [0.2, 0.25) is 0 Å². The molecule has 1 amide bonds. The summed E-state index contributed by atoms with van der Waals surface area (Å²) < 4.78 is 40.1. The van der Waals surface area contributed by atoms with Crippen molar-refractivity contribution in [1.82, 2.24) is 10.3 Å². The monoisotopic (exact) mass is 358 g/mol. The summed E-state index contributed by atoms with van der Waals surface area (Å²) in [4.78, 5) is 16.1. The molecule has 0 unspecified atom stereocenters. The van der Waals surface area contributed by atoms with Gasteiger partial charge in [-0.3, -0.25) is 9.78 Å². The van der Waals surface area contributed by atoms with Gasteiger partial charge in [0.1, 0.15) is 0 Å². The lowest BCUT2D eigenvalue weighted by Gasteiger charge is -2.22. The van der Waals surface area contributed by atoms with Gasteiger partial charge in [-0.05, 0) is 23.8 Å². The van der Waals surface area contributed by atoms with Gasteiger partial charge in [0.15, 0.2) is 0 Å². The first-order valence-electron chi connectivity index (χ1n) is 8.12. The fourth-order valence-electron chi connectivity index (χ4n) is 2.97. The molecule has 0 bridgehead atoms. The Morgan fingerprint density at radius 3 is 2.46 bits per heavy atom. The maximum Gasteiger partial charge on any atom is 0.416 e. The molecule has 0 aliphatic heterocycles. The van der Waals surface area contributed by atoms with Gasteiger partial charge in [0.05, 0.1) is 17.1 Å². The lowest BCUT2D eigenvalue weighted by molar-refractivity contribution is -0.138. The van der Waals surface area contributed by atoms with Gasteiger partial charge in [0.25, 0.3) is 0 Å². The summed E-state index contributed by atoms with van der Waals surface area (Å²) in [5.74, 6) is -0.396. The Morgan fingerprint density at radius 2 is 1.73 bits per heavy atom. The Balaban J connectivity index is 2.00. The Morgan fingerprint density at radius 1 is 1.04 bits per heavy atom. The number of nitrogens with zero attached hydrogens (tertiary/aromatic N) is 1. The minimum Gasteiger partial charge on any atom is -0.349 e. The molecule has 0 aliphatic rings. The number of hydrogen-bond acceptors (Lipinski definition) is 2. The lowest BCUT2D eigenvalue weighted by atomic mass is 9.95. The van der Waals surface area contributed by atoms with E-state index in [-0.39, 0.29) is 12.0 Å². The van der Waals surface area contributed by atoms with Crippen molar-refractivity contribution in [3.05, 3.63) is 77.5 Å². The zero-order chi connectivity index (χ0) is 18.7. The molecule has 1 aromatic heterocycles. The number of para-hydroxylation sites is 1. The molecular formula is C20H17F3N2O. The van der Waals surface area contributed by atoms with Crippen LogP contribution in [0, 0.1) is 0 Å². The highest BCUT2D eigenvalue weighted by atomic mass is 19.4. The highest BCUT2D eigenvalue weighted by molar-refractivity contribution is 5.78. The SMILES string of the molecule is CC(=O)N[C@H](Cc1ccc2ccccc2n1)c1ccccc1C(F)(F)F. The molecule has 1 N–H and O–H groups in total. The Kier molecular flexibility index (Phi) is 4.93. The molecule has 134 valence electrons. The van der Waals surface area contributed by atoms with Crippen molar-refractivity contribution < 1.29 is 18.0 Å². The van der Waals surface area contributed by atoms with Crippen LogP contribution < -0.4 is 5.32 Å². The highest BCUT2D eigenvalue weighted by Crippen LogP contribution is 2.35. The van der Waals surface area contributed by atoms with Crippen LogP contribution in [0.1, 0.15) is 29.8 Å². The first-order valence-corrected chi connectivity index (χ1v) is 8.12. The second-order valence-electron chi connectivity index (χ2n) is 6.04. The van der Waals surface area contributed by atoms with Gasteiger partial charge < -0.3 is 5.32 Å².